The molecule has 0 aliphatic carbocycles. The maximum absolute atomic E-state index is 12.4. The highest BCUT2D eigenvalue weighted by atomic mass is 32.2. The molecule has 0 saturated heterocycles. The molecular formula is C14H16N2O4S2. The molecule has 0 atom stereocenters. The van der Waals surface area contributed by atoms with Crippen molar-refractivity contribution in [3.05, 3.63) is 54.1 Å². The summed E-state index contributed by atoms with van der Waals surface area (Å²) in [6.45, 7) is 1.85. The van der Waals surface area contributed by atoms with Gasteiger partial charge in [-0.25, -0.2) is 21.6 Å². The molecule has 2 N–H and O–H groups in total. The van der Waals surface area contributed by atoms with Gasteiger partial charge < -0.3 is 0 Å². The summed E-state index contributed by atoms with van der Waals surface area (Å²) in [7, 11) is -6.30. The zero-order valence-corrected chi connectivity index (χ0v) is 13.7. The molecule has 2 rings (SSSR count). The van der Waals surface area contributed by atoms with E-state index in [1.807, 2.05) is 13.0 Å². The van der Waals surface area contributed by atoms with Gasteiger partial charge in [0.15, 0.2) is 0 Å². The van der Waals surface area contributed by atoms with Crippen LogP contribution in [0, 0.1) is 6.92 Å². The van der Waals surface area contributed by atoms with Crippen LogP contribution in [0.2, 0.25) is 0 Å². The summed E-state index contributed by atoms with van der Waals surface area (Å²) in [4.78, 5) is -0.229. The third kappa shape index (κ3) is 3.65. The molecule has 0 radical (unpaired) electrons. The first-order chi connectivity index (χ1) is 10.2. The van der Waals surface area contributed by atoms with E-state index >= 15 is 0 Å². The maximum atomic E-state index is 12.4. The Bertz CT molecular complexity index is 891. The van der Waals surface area contributed by atoms with Crippen molar-refractivity contribution in [3.63, 3.8) is 0 Å². The number of sulfonamides is 2. The predicted octanol–water partition coefficient (Wildman–Crippen LogP) is 1.70. The Labute approximate surface area is 130 Å². The molecule has 6 nitrogen and oxygen atoms in total. The van der Waals surface area contributed by atoms with Gasteiger partial charge in [0, 0.05) is 5.69 Å². The van der Waals surface area contributed by atoms with Crippen molar-refractivity contribution in [1.82, 2.24) is 4.72 Å². The second-order valence-corrected chi connectivity index (χ2v) is 8.23. The number of aryl methyl sites for hydroxylation is 1. The molecule has 0 aromatic heterocycles. The van der Waals surface area contributed by atoms with Crippen LogP contribution >= 0.6 is 0 Å². The van der Waals surface area contributed by atoms with Gasteiger partial charge in [0.25, 0.3) is 10.0 Å². The Morgan fingerprint density at radius 3 is 2.00 bits per heavy atom. The topological polar surface area (TPSA) is 92.3 Å². The van der Waals surface area contributed by atoms with Crippen LogP contribution in [0.25, 0.3) is 0 Å². The zero-order valence-electron chi connectivity index (χ0n) is 12.1. The quantitative estimate of drug-likeness (QED) is 0.866. The molecule has 0 bridgehead atoms. The van der Waals surface area contributed by atoms with Gasteiger partial charge in [-0.3, -0.25) is 4.72 Å². The van der Waals surface area contributed by atoms with Gasteiger partial charge in [0.1, 0.15) is 0 Å². The average Bonchev–Trinajstić information content (AvgIpc) is 2.47. The highest BCUT2D eigenvalue weighted by Gasteiger charge is 2.18. The maximum Gasteiger partial charge on any atom is 0.261 e. The molecule has 0 saturated carbocycles. The van der Waals surface area contributed by atoms with Gasteiger partial charge in [-0.15, -0.1) is 0 Å². The minimum atomic E-state index is -3.86. The molecule has 0 heterocycles. The molecule has 118 valence electrons. The Morgan fingerprint density at radius 2 is 1.41 bits per heavy atom. The van der Waals surface area contributed by atoms with Crippen LogP contribution < -0.4 is 9.44 Å². The lowest BCUT2D eigenvalue weighted by atomic mass is 10.2. The number of rotatable bonds is 5. The summed E-state index contributed by atoms with van der Waals surface area (Å²) in [5, 5.41) is 0. The fraction of sp³-hybridized carbons (Fsp3) is 0.143. The fourth-order valence-corrected chi connectivity index (χ4v) is 3.79. The first-order valence-corrected chi connectivity index (χ1v) is 9.34. The van der Waals surface area contributed by atoms with Crippen LogP contribution in [0.5, 0.6) is 0 Å². The standard InChI is InChI=1S/C14H16N2O4S2/c1-11-5-3-6-12(9-11)16-22(19,20)14-8-4-7-13(10-14)21(17,18)15-2/h3-10,15-16H,1-2H3. The highest BCUT2D eigenvalue weighted by Crippen LogP contribution is 2.19. The lowest BCUT2D eigenvalue weighted by Gasteiger charge is -2.10. The Hall–Kier alpha value is -1.90. The molecule has 8 heteroatoms. The van der Waals surface area contributed by atoms with Gasteiger partial charge in [-0.1, -0.05) is 18.2 Å². The number of nitrogens with one attached hydrogen (secondary N) is 2. The Balaban J connectivity index is 2.40. The van der Waals surface area contributed by atoms with Gasteiger partial charge in [0.05, 0.1) is 9.79 Å². The van der Waals surface area contributed by atoms with Crippen LogP contribution in [0.3, 0.4) is 0 Å². The molecule has 22 heavy (non-hydrogen) atoms. The van der Waals surface area contributed by atoms with E-state index in [1.165, 1.54) is 25.2 Å². The SMILES string of the molecule is CNS(=O)(=O)c1cccc(S(=O)(=O)Nc2cccc(C)c2)c1. The van der Waals surface area contributed by atoms with E-state index in [0.717, 1.165) is 11.6 Å². The third-order valence-electron chi connectivity index (χ3n) is 2.97. The van der Waals surface area contributed by atoms with E-state index in [9.17, 15) is 16.8 Å². The van der Waals surface area contributed by atoms with Crippen LogP contribution in [0.15, 0.2) is 58.3 Å². The molecule has 0 fully saturated rings. The van der Waals surface area contributed by atoms with Crippen molar-refractivity contribution in [2.75, 3.05) is 11.8 Å². The minimum Gasteiger partial charge on any atom is -0.280 e. The van der Waals surface area contributed by atoms with Crippen LogP contribution in [-0.2, 0) is 20.0 Å². The lowest BCUT2D eigenvalue weighted by molar-refractivity contribution is 0.588. The van der Waals surface area contributed by atoms with E-state index in [-0.39, 0.29) is 9.79 Å². The van der Waals surface area contributed by atoms with E-state index in [1.54, 1.807) is 18.2 Å². The molecule has 0 amide bonds. The van der Waals surface area contributed by atoms with Gasteiger partial charge in [0.2, 0.25) is 10.0 Å². The minimum absolute atomic E-state index is 0.109. The monoisotopic (exact) mass is 340 g/mol. The summed E-state index contributed by atoms with van der Waals surface area (Å²) in [6, 6.07) is 12.1. The molecule has 0 spiro atoms. The van der Waals surface area contributed by atoms with Crippen molar-refractivity contribution >= 4 is 25.7 Å². The molecule has 2 aromatic rings. The van der Waals surface area contributed by atoms with Crippen molar-refractivity contribution in [1.29, 1.82) is 0 Å². The number of hydrogen-bond acceptors (Lipinski definition) is 4. The molecule has 2 aromatic carbocycles. The highest BCUT2D eigenvalue weighted by molar-refractivity contribution is 7.93. The van der Waals surface area contributed by atoms with Crippen LogP contribution in [-0.4, -0.2) is 23.9 Å². The molecule has 0 aliphatic rings. The van der Waals surface area contributed by atoms with Gasteiger partial charge in [-0.2, -0.15) is 0 Å². The van der Waals surface area contributed by atoms with E-state index < -0.39 is 20.0 Å². The Morgan fingerprint density at radius 1 is 0.818 bits per heavy atom. The second-order valence-electron chi connectivity index (χ2n) is 4.66. The largest absolute Gasteiger partial charge is 0.280 e. The normalized spacial score (nSPS) is 12.1. The summed E-state index contributed by atoms with van der Waals surface area (Å²) in [6.07, 6.45) is 0. The van der Waals surface area contributed by atoms with Crippen LogP contribution in [0.4, 0.5) is 5.69 Å². The molecule has 0 unspecified atom stereocenters. The smallest absolute Gasteiger partial charge is 0.261 e. The van der Waals surface area contributed by atoms with Gasteiger partial charge in [-0.05, 0) is 49.9 Å². The summed E-state index contributed by atoms with van der Waals surface area (Å²) in [5.74, 6) is 0. The van der Waals surface area contributed by atoms with Crippen molar-refractivity contribution in [2.45, 2.75) is 16.7 Å². The van der Waals surface area contributed by atoms with Crippen molar-refractivity contribution < 1.29 is 16.8 Å². The van der Waals surface area contributed by atoms with Crippen molar-refractivity contribution in [2.24, 2.45) is 0 Å². The Kier molecular flexibility index (Phi) is 4.55. The molecular weight excluding hydrogens is 324 g/mol. The number of benzene rings is 2. The summed E-state index contributed by atoms with van der Waals surface area (Å²) < 4.78 is 52.8. The molecule has 0 aliphatic heterocycles. The third-order valence-corrected chi connectivity index (χ3v) is 5.76. The first-order valence-electron chi connectivity index (χ1n) is 6.38. The summed E-state index contributed by atoms with van der Waals surface area (Å²) in [5.41, 5.74) is 1.33. The fourth-order valence-electron chi connectivity index (χ4n) is 1.85. The zero-order chi connectivity index (χ0) is 16.4. The van der Waals surface area contributed by atoms with E-state index in [4.69, 9.17) is 0 Å². The van der Waals surface area contributed by atoms with Crippen molar-refractivity contribution in [3.8, 4) is 0 Å². The number of hydrogen-bond donors (Lipinski definition) is 2. The van der Waals surface area contributed by atoms with Gasteiger partial charge >= 0.3 is 0 Å². The van der Waals surface area contributed by atoms with E-state index in [0.29, 0.717) is 5.69 Å². The summed E-state index contributed by atoms with van der Waals surface area (Å²) >= 11 is 0. The first kappa shape index (κ1) is 16.5. The van der Waals surface area contributed by atoms with Crippen LogP contribution in [0.1, 0.15) is 5.56 Å². The predicted molar refractivity (Wildman–Crippen MR) is 84.7 cm³/mol. The van der Waals surface area contributed by atoms with E-state index in [2.05, 4.69) is 9.44 Å². The number of anilines is 1. The lowest BCUT2D eigenvalue weighted by Crippen LogP contribution is -2.19. The average molecular weight is 340 g/mol. The second kappa shape index (κ2) is 6.07.